The lowest BCUT2D eigenvalue weighted by molar-refractivity contribution is 0.615. The van der Waals surface area contributed by atoms with Crippen LogP contribution >= 0.6 is 0 Å². The third-order valence-electron chi connectivity index (χ3n) is 1.62. The molecular weight excluding hydrogens is 108 g/mol. The molecule has 0 radical (unpaired) electrons. The lowest BCUT2D eigenvalue weighted by Crippen LogP contribution is -1.93. The summed E-state index contributed by atoms with van der Waals surface area (Å²) in [6.07, 6.45) is 4.30. The van der Waals surface area contributed by atoms with Gasteiger partial charge in [-0.2, -0.15) is 0 Å². The highest BCUT2D eigenvalue weighted by Crippen LogP contribution is 2.14. The quantitative estimate of drug-likeness (QED) is 0.505. The lowest BCUT2D eigenvalue weighted by atomic mass is 9.98. The van der Waals surface area contributed by atoms with Gasteiger partial charge in [0.15, 0.2) is 0 Å². The summed E-state index contributed by atoms with van der Waals surface area (Å²) in [6.45, 7) is 11.9. The Morgan fingerprint density at radius 3 is 2.56 bits per heavy atom. The summed E-state index contributed by atoms with van der Waals surface area (Å²) in [5.41, 5.74) is 1.16. The van der Waals surface area contributed by atoms with Crippen molar-refractivity contribution in [1.29, 1.82) is 0 Å². The third kappa shape index (κ3) is 3.12. The Hall–Kier alpha value is -0.520. The highest BCUT2D eigenvalue weighted by Gasteiger charge is 1.99. The minimum absolute atomic E-state index is 0.618. The molecule has 0 rings (SSSR count). The molecule has 1 unspecified atom stereocenters. The van der Waals surface area contributed by atoms with Gasteiger partial charge in [-0.25, -0.2) is 0 Å². The summed E-state index contributed by atoms with van der Waals surface area (Å²) >= 11 is 0. The molecule has 0 heterocycles. The second-order valence-electron chi connectivity index (χ2n) is 2.47. The Balaban J connectivity index is 3.58. The largest absolute Gasteiger partial charge is 0.0988 e. The van der Waals surface area contributed by atoms with E-state index in [1.54, 1.807) is 0 Å². The zero-order valence-corrected chi connectivity index (χ0v) is 6.48. The molecule has 0 aliphatic carbocycles. The van der Waals surface area contributed by atoms with Gasteiger partial charge in [0.05, 0.1) is 0 Å². The molecule has 0 fully saturated rings. The van der Waals surface area contributed by atoms with Crippen LogP contribution in [0.1, 0.15) is 26.7 Å². The van der Waals surface area contributed by atoms with E-state index >= 15 is 0 Å². The standard InChI is InChI=1S/C9H16/c1-5-7-9(4)8(3)6-2/h6,9H,2-3,5,7H2,1,4H3. The highest BCUT2D eigenvalue weighted by atomic mass is 14.0. The normalized spacial score (nSPS) is 12.7. The Morgan fingerprint density at radius 2 is 2.22 bits per heavy atom. The van der Waals surface area contributed by atoms with Gasteiger partial charge in [0.25, 0.3) is 0 Å². The lowest BCUT2D eigenvalue weighted by Gasteiger charge is -2.08. The van der Waals surface area contributed by atoms with Crippen molar-refractivity contribution < 1.29 is 0 Å². The van der Waals surface area contributed by atoms with E-state index in [0.29, 0.717) is 5.92 Å². The maximum Gasteiger partial charge on any atom is -0.0197 e. The van der Waals surface area contributed by atoms with Gasteiger partial charge in [0, 0.05) is 0 Å². The summed E-state index contributed by atoms with van der Waals surface area (Å²) in [5.74, 6) is 0.618. The predicted molar refractivity (Wildman–Crippen MR) is 43.4 cm³/mol. The first-order chi connectivity index (χ1) is 4.22. The number of hydrogen-bond donors (Lipinski definition) is 0. The van der Waals surface area contributed by atoms with Crippen LogP contribution in [0.25, 0.3) is 0 Å². The molecule has 0 nitrogen and oxygen atoms in total. The summed E-state index contributed by atoms with van der Waals surface area (Å²) in [7, 11) is 0. The molecule has 0 N–H and O–H groups in total. The van der Waals surface area contributed by atoms with Crippen LogP contribution in [0.2, 0.25) is 0 Å². The number of allylic oxidation sites excluding steroid dienone is 2. The van der Waals surface area contributed by atoms with Crippen LogP contribution in [0.4, 0.5) is 0 Å². The Kier molecular flexibility index (Phi) is 4.12. The fraction of sp³-hybridized carbons (Fsp3) is 0.556. The molecule has 0 aromatic rings. The zero-order chi connectivity index (χ0) is 7.28. The molecule has 0 saturated heterocycles. The average molecular weight is 124 g/mol. The van der Waals surface area contributed by atoms with E-state index in [1.165, 1.54) is 12.8 Å². The third-order valence-corrected chi connectivity index (χ3v) is 1.62. The number of hydrogen-bond acceptors (Lipinski definition) is 0. The fourth-order valence-electron chi connectivity index (χ4n) is 0.820. The molecule has 0 aliphatic rings. The van der Waals surface area contributed by atoms with Crippen molar-refractivity contribution in [3.05, 3.63) is 24.8 Å². The Labute approximate surface area is 58.3 Å². The summed E-state index contributed by atoms with van der Waals surface area (Å²) in [4.78, 5) is 0. The Bertz CT molecular complexity index is 101. The van der Waals surface area contributed by atoms with Gasteiger partial charge in [0.2, 0.25) is 0 Å². The van der Waals surface area contributed by atoms with Gasteiger partial charge in [0.1, 0.15) is 0 Å². The second kappa shape index (κ2) is 4.37. The van der Waals surface area contributed by atoms with E-state index in [9.17, 15) is 0 Å². The van der Waals surface area contributed by atoms with Crippen molar-refractivity contribution in [2.24, 2.45) is 5.92 Å². The van der Waals surface area contributed by atoms with Crippen LogP contribution in [0, 0.1) is 5.92 Å². The maximum absolute atomic E-state index is 3.87. The molecule has 52 valence electrons. The predicted octanol–water partition coefficient (Wildman–Crippen LogP) is 3.16. The fourth-order valence-corrected chi connectivity index (χ4v) is 0.820. The van der Waals surface area contributed by atoms with Gasteiger partial charge < -0.3 is 0 Å². The molecule has 0 spiro atoms. The van der Waals surface area contributed by atoms with Crippen molar-refractivity contribution in [2.75, 3.05) is 0 Å². The smallest absolute Gasteiger partial charge is 0.0197 e. The van der Waals surface area contributed by atoms with Gasteiger partial charge >= 0.3 is 0 Å². The molecule has 0 heteroatoms. The monoisotopic (exact) mass is 124 g/mol. The maximum atomic E-state index is 3.87. The molecule has 0 bridgehead atoms. The highest BCUT2D eigenvalue weighted by molar-refractivity contribution is 5.13. The minimum Gasteiger partial charge on any atom is -0.0988 e. The van der Waals surface area contributed by atoms with E-state index < -0.39 is 0 Å². The zero-order valence-electron chi connectivity index (χ0n) is 6.48. The molecule has 0 aromatic heterocycles. The van der Waals surface area contributed by atoms with Crippen molar-refractivity contribution in [3.63, 3.8) is 0 Å². The minimum atomic E-state index is 0.618. The summed E-state index contributed by atoms with van der Waals surface area (Å²) < 4.78 is 0. The van der Waals surface area contributed by atoms with Crippen LogP contribution in [0.5, 0.6) is 0 Å². The van der Waals surface area contributed by atoms with Crippen molar-refractivity contribution in [1.82, 2.24) is 0 Å². The number of rotatable bonds is 4. The van der Waals surface area contributed by atoms with Crippen LogP contribution in [-0.2, 0) is 0 Å². The molecule has 9 heavy (non-hydrogen) atoms. The first-order valence-electron chi connectivity index (χ1n) is 3.53. The SMILES string of the molecule is C=CC(=C)C(C)CCC. The van der Waals surface area contributed by atoms with Gasteiger partial charge in [-0.3, -0.25) is 0 Å². The molecule has 0 amide bonds. The summed E-state index contributed by atoms with van der Waals surface area (Å²) in [5, 5.41) is 0. The van der Waals surface area contributed by atoms with E-state index in [4.69, 9.17) is 0 Å². The van der Waals surface area contributed by atoms with E-state index in [1.807, 2.05) is 6.08 Å². The van der Waals surface area contributed by atoms with E-state index in [2.05, 4.69) is 27.0 Å². The van der Waals surface area contributed by atoms with Gasteiger partial charge in [-0.1, -0.05) is 45.1 Å². The first kappa shape index (κ1) is 8.48. The molecule has 1 atom stereocenters. The van der Waals surface area contributed by atoms with Crippen LogP contribution in [-0.4, -0.2) is 0 Å². The summed E-state index contributed by atoms with van der Waals surface area (Å²) in [6, 6.07) is 0. The van der Waals surface area contributed by atoms with Crippen LogP contribution < -0.4 is 0 Å². The Morgan fingerprint density at radius 1 is 1.67 bits per heavy atom. The topological polar surface area (TPSA) is 0 Å². The average Bonchev–Trinajstić information content (AvgIpc) is 1.87. The van der Waals surface area contributed by atoms with E-state index in [0.717, 1.165) is 5.57 Å². The molecule has 0 aromatic carbocycles. The van der Waals surface area contributed by atoms with Gasteiger partial charge in [-0.05, 0) is 12.3 Å². The van der Waals surface area contributed by atoms with Crippen LogP contribution in [0.3, 0.4) is 0 Å². The van der Waals surface area contributed by atoms with Crippen molar-refractivity contribution >= 4 is 0 Å². The van der Waals surface area contributed by atoms with Gasteiger partial charge in [-0.15, -0.1) is 0 Å². The molecular formula is C9H16. The molecule has 0 aliphatic heterocycles. The van der Waals surface area contributed by atoms with Crippen LogP contribution in [0.15, 0.2) is 24.8 Å². The molecule has 0 saturated carbocycles. The first-order valence-corrected chi connectivity index (χ1v) is 3.53. The second-order valence-corrected chi connectivity index (χ2v) is 2.47. The van der Waals surface area contributed by atoms with Crippen molar-refractivity contribution in [3.8, 4) is 0 Å². The van der Waals surface area contributed by atoms with Crippen molar-refractivity contribution in [2.45, 2.75) is 26.7 Å². The van der Waals surface area contributed by atoms with E-state index in [-0.39, 0.29) is 0 Å².